The third-order valence-corrected chi connectivity index (χ3v) is 5.65. The molecule has 0 aliphatic carbocycles. The van der Waals surface area contributed by atoms with Crippen molar-refractivity contribution in [2.24, 2.45) is 11.5 Å². The van der Waals surface area contributed by atoms with Crippen LogP contribution in [0.4, 0.5) is 0 Å². The highest BCUT2D eigenvalue weighted by Gasteiger charge is 2.22. The van der Waals surface area contributed by atoms with Gasteiger partial charge in [0, 0.05) is 40.6 Å². The molecule has 2 aromatic carbocycles. The predicted octanol–water partition coefficient (Wildman–Crippen LogP) is 0.848. The zero-order chi connectivity index (χ0) is 23.4. The van der Waals surface area contributed by atoms with Crippen molar-refractivity contribution in [1.82, 2.24) is 20.6 Å². The molecule has 0 bridgehead atoms. The number of benzene rings is 2. The number of nitrogens with one attached hydrogen (secondary N) is 4. The molecule has 0 spiro atoms. The Morgan fingerprint density at radius 2 is 1.39 bits per heavy atom. The molecule has 8 N–H and O–H groups in total. The van der Waals surface area contributed by atoms with Crippen LogP contribution in [0, 0.1) is 0 Å². The highest BCUT2D eigenvalue weighted by atomic mass is 16.2. The Morgan fingerprint density at radius 3 is 1.97 bits per heavy atom. The summed E-state index contributed by atoms with van der Waals surface area (Å²) in [5, 5.41) is 7.08. The van der Waals surface area contributed by atoms with Crippen LogP contribution in [0.1, 0.15) is 11.1 Å². The molecule has 2 aromatic heterocycles. The van der Waals surface area contributed by atoms with Gasteiger partial charge in [-0.15, -0.1) is 0 Å². The molecule has 0 unspecified atom stereocenters. The second-order valence-corrected chi connectivity index (χ2v) is 7.97. The second-order valence-electron chi connectivity index (χ2n) is 7.97. The monoisotopic (exact) mass is 446 g/mol. The van der Waals surface area contributed by atoms with Gasteiger partial charge in [0.2, 0.25) is 17.7 Å². The lowest BCUT2D eigenvalue weighted by molar-refractivity contribution is -0.129. The van der Waals surface area contributed by atoms with Crippen LogP contribution in [0.15, 0.2) is 60.9 Å². The fourth-order valence-corrected chi connectivity index (χ4v) is 3.92. The molecular formula is C24H26N6O3. The van der Waals surface area contributed by atoms with E-state index in [-0.39, 0.29) is 13.0 Å². The molecule has 170 valence electrons. The summed E-state index contributed by atoms with van der Waals surface area (Å²) >= 11 is 0. The van der Waals surface area contributed by atoms with E-state index in [0.717, 1.165) is 32.9 Å². The smallest absolute Gasteiger partial charge is 0.240 e. The maximum Gasteiger partial charge on any atom is 0.240 e. The van der Waals surface area contributed by atoms with Crippen molar-refractivity contribution in [3.63, 3.8) is 0 Å². The Bertz CT molecular complexity index is 1310. The lowest BCUT2D eigenvalue weighted by Crippen LogP contribution is -2.51. The second kappa shape index (κ2) is 9.58. The van der Waals surface area contributed by atoms with E-state index < -0.39 is 29.8 Å². The van der Waals surface area contributed by atoms with Crippen molar-refractivity contribution in [3.8, 4) is 0 Å². The SMILES string of the molecule is NC(=O)[C@@H](Cc1c[nH]c2ccccc12)NC(=O)CNC(=O)[C@H](N)Cc1c[nH]c2ccccc12. The van der Waals surface area contributed by atoms with Crippen molar-refractivity contribution in [1.29, 1.82) is 0 Å². The third kappa shape index (κ3) is 5.04. The normalized spacial score (nSPS) is 13.0. The Hall–Kier alpha value is -4.11. The Labute approximate surface area is 189 Å². The minimum Gasteiger partial charge on any atom is -0.368 e. The average molecular weight is 447 g/mol. The fourth-order valence-electron chi connectivity index (χ4n) is 3.92. The van der Waals surface area contributed by atoms with Crippen LogP contribution in [-0.2, 0) is 27.2 Å². The van der Waals surface area contributed by atoms with Gasteiger partial charge in [0.05, 0.1) is 12.6 Å². The number of rotatable bonds is 9. The summed E-state index contributed by atoms with van der Waals surface area (Å²) in [4.78, 5) is 43.0. The van der Waals surface area contributed by atoms with Crippen molar-refractivity contribution in [2.45, 2.75) is 24.9 Å². The van der Waals surface area contributed by atoms with E-state index >= 15 is 0 Å². The number of hydrogen-bond donors (Lipinski definition) is 6. The Balaban J connectivity index is 1.31. The Kier molecular flexibility index (Phi) is 6.41. The minimum atomic E-state index is -0.909. The Morgan fingerprint density at radius 1 is 0.848 bits per heavy atom. The van der Waals surface area contributed by atoms with Crippen molar-refractivity contribution >= 4 is 39.5 Å². The van der Waals surface area contributed by atoms with E-state index in [2.05, 4.69) is 20.6 Å². The van der Waals surface area contributed by atoms with Gasteiger partial charge in [0.25, 0.3) is 0 Å². The van der Waals surface area contributed by atoms with Gasteiger partial charge < -0.3 is 32.1 Å². The zero-order valence-corrected chi connectivity index (χ0v) is 17.9. The maximum absolute atomic E-state index is 12.4. The predicted molar refractivity (Wildman–Crippen MR) is 126 cm³/mol. The van der Waals surface area contributed by atoms with Gasteiger partial charge in [0.1, 0.15) is 6.04 Å². The highest BCUT2D eigenvalue weighted by Crippen LogP contribution is 2.20. The van der Waals surface area contributed by atoms with Crippen LogP contribution in [-0.4, -0.2) is 46.3 Å². The lowest BCUT2D eigenvalue weighted by Gasteiger charge is -2.16. The van der Waals surface area contributed by atoms with E-state index in [4.69, 9.17) is 11.5 Å². The number of fused-ring (bicyclic) bond motifs is 2. The maximum atomic E-state index is 12.4. The topological polar surface area (TPSA) is 159 Å². The first-order valence-electron chi connectivity index (χ1n) is 10.6. The molecular weight excluding hydrogens is 420 g/mol. The van der Waals surface area contributed by atoms with Gasteiger partial charge in [-0.25, -0.2) is 0 Å². The van der Waals surface area contributed by atoms with Crippen LogP contribution < -0.4 is 22.1 Å². The number of aromatic nitrogens is 2. The number of aromatic amines is 2. The van der Waals surface area contributed by atoms with Crippen molar-refractivity contribution in [2.75, 3.05) is 6.54 Å². The summed E-state index contributed by atoms with van der Waals surface area (Å²) in [5.74, 6) is -1.63. The molecule has 4 rings (SSSR count). The third-order valence-electron chi connectivity index (χ3n) is 5.65. The molecule has 0 aliphatic rings. The number of primary amides is 1. The summed E-state index contributed by atoms with van der Waals surface area (Å²) in [6.45, 7) is -0.307. The van der Waals surface area contributed by atoms with Crippen molar-refractivity contribution in [3.05, 3.63) is 72.1 Å². The van der Waals surface area contributed by atoms with Gasteiger partial charge in [-0.05, 0) is 29.7 Å². The molecule has 2 heterocycles. The van der Waals surface area contributed by atoms with Gasteiger partial charge in [-0.2, -0.15) is 0 Å². The van der Waals surface area contributed by atoms with Crippen molar-refractivity contribution < 1.29 is 14.4 Å². The molecule has 2 atom stereocenters. The molecule has 0 fully saturated rings. The number of para-hydroxylation sites is 2. The fraction of sp³-hybridized carbons (Fsp3) is 0.208. The van der Waals surface area contributed by atoms with E-state index in [1.54, 1.807) is 6.20 Å². The summed E-state index contributed by atoms with van der Waals surface area (Å²) in [6, 6.07) is 13.7. The number of carbonyl (C=O) groups is 3. The largest absolute Gasteiger partial charge is 0.368 e. The first-order valence-corrected chi connectivity index (χ1v) is 10.6. The van der Waals surface area contributed by atoms with Crippen LogP contribution in [0.2, 0.25) is 0 Å². The molecule has 9 heteroatoms. The van der Waals surface area contributed by atoms with Crippen LogP contribution in [0.3, 0.4) is 0 Å². The van der Waals surface area contributed by atoms with Gasteiger partial charge in [0.15, 0.2) is 0 Å². The van der Waals surface area contributed by atoms with E-state index in [0.29, 0.717) is 6.42 Å². The van der Waals surface area contributed by atoms with Crippen LogP contribution >= 0.6 is 0 Å². The molecule has 0 radical (unpaired) electrons. The first kappa shape index (κ1) is 22.1. The summed E-state index contributed by atoms with van der Waals surface area (Å²) in [6.07, 6.45) is 4.17. The van der Waals surface area contributed by atoms with Gasteiger partial charge in [-0.3, -0.25) is 14.4 Å². The number of amides is 3. The summed E-state index contributed by atoms with van der Waals surface area (Å²) in [7, 11) is 0. The number of nitrogens with two attached hydrogens (primary N) is 2. The molecule has 0 aliphatic heterocycles. The molecule has 9 nitrogen and oxygen atoms in total. The molecule has 4 aromatic rings. The van der Waals surface area contributed by atoms with E-state index in [9.17, 15) is 14.4 Å². The van der Waals surface area contributed by atoms with Crippen LogP contribution in [0.25, 0.3) is 21.8 Å². The standard InChI is InChI=1S/C24H26N6O3/c25-18(9-14-11-27-19-7-3-1-5-16(14)19)24(33)29-13-22(31)30-21(23(26)32)10-15-12-28-20-8-4-2-6-17(15)20/h1-8,11-12,18,21,27-28H,9-10,13,25H2,(H2,26,32)(H,29,33)(H,30,31)/t18-,21-/m1/s1. The van der Waals surface area contributed by atoms with E-state index in [1.165, 1.54) is 0 Å². The van der Waals surface area contributed by atoms with Gasteiger partial charge >= 0.3 is 0 Å². The zero-order valence-electron chi connectivity index (χ0n) is 17.9. The summed E-state index contributed by atoms with van der Waals surface area (Å²) in [5.41, 5.74) is 15.2. The van der Waals surface area contributed by atoms with Gasteiger partial charge in [-0.1, -0.05) is 36.4 Å². The first-order chi connectivity index (χ1) is 15.9. The number of hydrogen-bond acceptors (Lipinski definition) is 4. The number of H-pyrrole nitrogens is 2. The van der Waals surface area contributed by atoms with E-state index in [1.807, 2.05) is 54.7 Å². The van der Waals surface area contributed by atoms with Crippen LogP contribution in [0.5, 0.6) is 0 Å². The molecule has 0 saturated heterocycles. The average Bonchev–Trinajstić information content (AvgIpc) is 3.41. The summed E-state index contributed by atoms with van der Waals surface area (Å²) < 4.78 is 0. The molecule has 0 saturated carbocycles. The lowest BCUT2D eigenvalue weighted by atomic mass is 10.0. The molecule has 3 amide bonds. The quantitative estimate of drug-likeness (QED) is 0.225. The molecule has 33 heavy (non-hydrogen) atoms. The minimum absolute atomic E-state index is 0.235. The number of carbonyl (C=O) groups excluding carboxylic acids is 3. The highest BCUT2D eigenvalue weighted by molar-refractivity contribution is 5.92.